The molecule has 0 aromatic heterocycles. The highest BCUT2D eigenvalue weighted by Gasteiger charge is 2.38. The van der Waals surface area contributed by atoms with Crippen molar-refractivity contribution < 1.29 is 23.1 Å². The first-order valence-corrected chi connectivity index (χ1v) is 15.5. The molecule has 0 bridgehead atoms. The van der Waals surface area contributed by atoms with Crippen LogP contribution in [0.3, 0.4) is 0 Å². The topological polar surface area (TPSA) is 116 Å². The van der Waals surface area contributed by atoms with Crippen molar-refractivity contribution in [3.05, 3.63) is 125 Å². The fourth-order valence-corrected chi connectivity index (χ4v) is 6.09. The standard InChI is InChI=1S/C33H38N3O5P/c1-4-38-31-21-28(17-20-30(31)41-24(2)3)33(36-29-18-15-27(16-19-29)32(34)35)42(37,39-22-25-11-7-5-8-12-25)40-23-26-13-9-6-10-14-26/h5-21,24,33,36H,4,22-23H2,1-3H3,(H3,34,35). The van der Waals surface area contributed by atoms with Gasteiger partial charge >= 0.3 is 7.60 Å². The Morgan fingerprint density at radius 2 is 1.40 bits per heavy atom. The Kier molecular flexibility index (Phi) is 10.8. The number of hydrogen-bond acceptors (Lipinski definition) is 7. The molecule has 0 saturated heterocycles. The van der Waals surface area contributed by atoms with Crippen LogP contribution in [0.4, 0.5) is 5.69 Å². The molecular formula is C33H38N3O5P. The van der Waals surface area contributed by atoms with E-state index >= 15 is 0 Å². The van der Waals surface area contributed by atoms with Crippen LogP contribution in [-0.2, 0) is 26.8 Å². The SMILES string of the molecule is CCOc1cc(C(Nc2ccc(C(=N)N)cc2)P(=O)(OCc2ccccc2)OCc2ccccc2)ccc1OC(C)C. The van der Waals surface area contributed by atoms with Crippen molar-refractivity contribution in [3.8, 4) is 11.5 Å². The molecule has 4 N–H and O–H groups in total. The van der Waals surface area contributed by atoms with E-state index in [1.54, 1.807) is 24.3 Å². The number of benzene rings is 4. The summed E-state index contributed by atoms with van der Waals surface area (Å²) in [6.07, 6.45) is -0.0571. The van der Waals surface area contributed by atoms with Crippen LogP contribution >= 0.6 is 7.60 Å². The molecule has 0 radical (unpaired) electrons. The fraction of sp³-hybridized carbons (Fsp3) is 0.242. The van der Waals surface area contributed by atoms with Crippen molar-refractivity contribution in [1.29, 1.82) is 5.41 Å². The third kappa shape index (κ3) is 8.46. The summed E-state index contributed by atoms with van der Waals surface area (Å²) in [5.41, 5.74) is 9.25. The number of nitrogen functional groups attached to an aromatic ring is 1. The maximum Gasteiger partial charge on any atom is 0.357 e. The molecule has 0 aliphatic rings. The van der Waals surface area contributed by atoms with E-state index in [0.29, 0.717) is 34.9 Å². The summed E-state index contributed by atoms with van der Waals surface area (Å²) < 4.78 is 39.3. The van der Waals surface area contributed by atoms with Gasteiger partial charge in [-0.1, -0.05) is 66.7 Å². The highest BCUT2D eigenvalue weighted by molar-refractivity contribution is 7.54. The Bertz CT molecular complexity index is 1430. The lowest BCUT2D eigenvalue weighted by molar-refractivity contribution is 0.185. The second-order valence-electron chi connectivity index (χ2n) is 9.90. The average molecular weight is 588 g/mol. The predicted octanol–water partition coefficient (Wildman–Crippen LogP) is 7.89. The van der Waals surface area contributed by atoms with Gasteiger partial charge in [0.2, 0.25) is 0 Å². The lowest BCUT2D eigenvalue weighted by Crippen LogP contribution is -2.16. The summed E-state index contributed by atoms with van der Waals surface area (Å²) >= 11 is 0. The molecule has 0 amide bonds. The summed E-state index contributed by atoms with van der Waals surface area (Å²) in [5, 5.41) is 11.1. The van der Waals surface area contributed by atoms with Gasteiger partial charge in [0.05, 0.1) is 25.9 Å². The van der Waals surface area contributed by atoms with E-state index in [2.05, 4.69) is 5.32 Å². The quantitative estimate of drug-likeness (QED) is 0.0736. The molecule has 0 aliphatic carbocycles. The fourth-order valence-electron chi connectivity index (χ4n) is 4.23. The Morgan fingerprint density at radius 3 is 1.90 bits per heavy atom. The van der Waals surface area contributed by atoms with Crippen molar-refractivity contribution in [3.63, 3.8) is 0 Å². The first-order chi connectivity index (χ1) is 20.3. The molecule has 8 nitrogen and oxygen atoms in total. The Balaban J connectivity index is 1.77. The number of rotatable bonds is 15. The number of amidine groups is 1. The zero-order chi connectivity index (χ0) is 30.0. The van der Waals surface area contributed by atoms with Crippen LogP contribution in [0.5, 0.6) is 11.5 Å². The molecule has 0 heterocycles. The summed E-state index contributed by atoms with van der Waals surface area (Å²) in [6, 6.07) is 31.6. The number of anilines is 1. The van der Waals surface area contributed by atoms with Gasteiger partial charge in [-0.05, 0) is 73.9 Å². The first kappa shape index (κ1) is 30.8. The first-order valence-electron chi connectivity index (χ1n) is 13.9. The summed E-state index contributed by atoms with van der Waals surface area (Å²) in [5.74, 6) is 0.161. The normalized spacial score (nSPS) is 12.1. The highest BCUT2D eigenvalue weighted by Crippen LogP contribution is 2.62. The van der Waals surface area contributed by atoms with Gasteiger partial charge in [0, 0.05) is 11.3 Å². The van der Waals surface area contributed by atoms with Crippen molar-refractivity contribution >= 4 is 19.1 Å². The minimum Gasteiger partial charge on any atom is -0.490 e. The molecule has 9 heteroatoms. The largest absolute Gasteiger partial charge is 0.490 e. The number of nitrogens with one attached hydrogen (secondary N) is 2. The zero-order valence-electron chi connectivity index (χ0n) is 24.2. The highest BCUT2D eigenvalue weighted by atomic mass is 31.2. The van der Waals surface area contributed by atoms with Gasteiger partial charge in [0.25, 0.3) is 0 Å². The lowest BCUT2D eigenvalue weighted by atomic mass is 10.1. The van der Waals surface area contributed by atoms with Gasteiger partial charge in [0.15, 0.2) is 17.3 Å². The van der Waals surface area contributed by atoms with Crippen LogP contribution in [0.2, 0.25) is 0 Å². The summed E-state index contributed by atoms with van der Waals surface area (Å²) in [7, 11) is -3.93. The van der Waals surface area contributed by atoms with E-state index < -0.39 is 13.4 Å². The van der Waals surface area contributed by atoms with E-state index in [9.17, 15) is 4.57 Å². The van der Waals surface area contributed by atoms with Crippen molar-refractivity contribution in [2.24, 2.45) is 5.73 Å². The summed E-state index contributed by atoms with van der Waals surface area (Å²) in [6.45, 7) is 6.39. The smallest absolute Gasteiger partial charge is 0.357 e. The Labute approximate surface area is 247 Å². The van der Waals surface area contributed by atoms with Gasteiger partial charge in [-0.15, -0.1) is 0 Å². The molecule has 4 aromatic carbocycles. The van der Waals surface area contributed by atoms with Gasteiger partial charge in [-0.3, -0.25) is 9.97 Å². The van der Waals surface area contributed by atoms with Crippen LogP contribution in [0.1, 0.15) is 48.8 Å². The van der Waals surface area contributed by atoms with Crippen LogP contribution < -0.4 is 20.5 Å². The zero-order valence-corrected chi connectivity index (χ0v) is 25.1. The number of ether oxygens (including phenoxy) is 2. The molecule has 0 saturated carbocycles. The molecule has 42 heavy (non-hydrogen) atoms. The van der Waals surface area contributed by atoms with Crippen LogP contribution in [-0.4, -0.2) is 18.5 Å². The minimum atomic E-state index is -3.93. The van der Waals surface area contributed by atoms with Gasteiger partial charge in [-0.25, -0.2) is 0 Å². The molecular weight excluding hydrogens is 549 g/mol. The monoisotopic (exact) mass is 587 g/mol. The Hall–Kier alpha value is -4.10. The average Bonchev–Trinajstić information content (AvgIpc) is 3.00. The Morgan fingerprint density at radius 1 is 0.833 bits per heavy atom. The maximum atomic E-state index is 14.9. The van der Waals surface area contributed by atoms with Gasteiger partial charge in [-0.2, -0.15) is 0 Å². The van der Waals surface area contributed by atoms with Gasteiger partial charge < -0.3 is 29.6 Å². The van der Waals surface area contributed by atoms with Gasteiger partial charge in [0.1, 0.15) is 5.84 Å². The predicted molar refractivity (Wildman–Crippen MR) is 167 cm³/mol. The summed E-state index contributed by atoms with van der Waals surface area (Å²) in [4.78, 5) is 0. The second-order valence-corrected chi connectivity index (χ2v) is 12.0. The lowest BCUT2D eigenvalue weighted by Gasteiger charge is -2.29. The minimum absolute atomic E-state index is 0.0386. The maximum absolute atomic E-state index is 14.9. The molecule has 1 atom stereocenters. The molecule has 0 spiro atoms. The molecule has 4 rings (SSSR count). The molecule has 220 valence electrons. The number of nitrogens with two attached hydrogens (primary N) is 1. The van der Waals surface area contributed by atoms with Crippen molar-refractivity contribution in [2.45, 2.75) is 45.9 Å². The third-order valence-electron chi connectivity index (χ3n) is 6.27. The van der Waals surface area contributed by atoms with E-state index in [-0.39, 0.29) is 25.2 Å². The third-order valence-corrected chi connectivity index (χ3v) is 8.31. The molecule has 1 unspecified atom stereocenters. The molecule has 0 fully saturated rings. The van der Waals surface area contributed by atoms with E-state index in [1.807, 2.05) is 99.6 Å². The van der Waals surface area contributed by atoms with Crippen LogP contribution in [0, 0.1) is 5.41 Å². The van der Waals surface area contributed by atoms with E-state index in [4.69, 9.17) is 29.7 Å². The van der Waals surface area contributed by atoms with E-state index in [0.717, 1.165) is 11.1 Å². The van der Waals surface area contributed by atoms with Crippen molar-refractivity contribution in [2.75, 3.05) is 11.9 Å². The van der Waals surface area contributed by atoms with Crippen molar-refractivity contribution in [1.82, 2.24) is 0 Å². The van der Waals surface area contributed by atoms with E-state index in [1.165, 1.54) is 0 Å². The van der Waals surface area contributed by atoms with Crippen LogP contribution in [0.15, 0.2) is 103 Å². The second kappa shape index (κ2) is 14.7. The number of hydrogen-bond donors (Lipinski definition) is 3. The van der Waals surface area contributed by atoms with Crippen LogP contribution in [0.25, 0.3) is 0 Å². The molecule has 0 aliphatic heterocycles. The molecule has 4 aromatic rings.